The molecular formula is C17H17N3. The minimum Gasteiger partial charge on any atom is -0.318 e. The van der Waals surface area contributed by atoms with Crippen molar-refractivity contribution >= 4 is 0 Å². The van der Waals surface area contributed by atoms with Gasteiger partial charge in [-0.15, -0.1) is 0 Å². The van der Waals surface area contributed by atoms with Crippen LogP contribution in [0.2, 0.25) is 0 Å². The quantitative estimate of drug-likeness (QED) is 0.788. The normalized spacial score (nSPS) is 12.3. The SMILES string of the molecule is Cc1ccc(C(N)c2nccn2-c2ccccc2)cc1. The van der Waals surface area contributed by atoms with E-state index in [1.807, 2.05) is 41.1 Å². The summed E-state index contributed by atoms with van der Waals surface area (Å²) < 4.78 is 2.03. The molecule has 2 aromatic carbocycles. The third-order valence-corrected chi connectivity index (χ3v) is 3.42. The van der Waals surface area contributed by atoms with Gasteiger partial charge in [0.1, 0.15) is 5.82 Å². The number of aromatic nitrogens is 2. The molecule has 0 amide bonds. The summed E-state index contributed by atoms with van der Waals surface area (Å²) in [6, 6.07) is 18.2. The Morgan fingerprint density at radius 2 is 1.70 bits per heavy atom. The molecule has 3 rings (SSSR count). The van der Waals surface area contributed by atoms with Crippen molar-refractivity contribution in [3.63, 3.8) is 0 Å². The van der Waals surface area contributed by atoms with Gasteiger partial charge in [0.25, 0.3) is 0 Å². The van der Waals surface area contributed by atoms with Gasteiger partial charge in [-0.25, -0.2) is 4.98 Å². The summed E-state index contributed by atoms with van der Waals surface area (Å²) in [6.07, 6.45) is 3.73. The fraction of sp³-hybridized carbons (Fsp3) is 0.118. The molecule has 0 aliphatic heterocycles. The Balaban J connectivity index is 1.99. The average molecular weight is 263 g/mol. The van der Waals surface area contributed by atoms with Gasteiger partial charge >= 0.3 is 0 Å². The van der Waals surface area contributed by atoms with E-state index in [1.165, 1.54) is 5.56 Å². The molecule has 0 aliphatic carbocycles. The number of aryl methyl sites for hydroxylation is 1. The monoisotopic (exact) mass is 263 g/mol. The molecule has 1 aromatic heterocycles. The van der Waals surface area contributed by atoms with Gasteiger partial charge in [-0.05, 0) is 24.6 Å². The minimum absolute atomic E-state index is 0.231. The molecule has 2 N–H and O–H groups in total. The van der Waals surface area contributed by atoms with Crippen molar-refractivity contribution in [2.45, 2.75) is 13.0 Å². The van der Waals surface area contributed by atoms with E-state index in [0.29, 0.717) is 0 Å². The van der Waals surface area contributed by atoms with E-state index in [4.69, 9.17) is 5.73 Å². The molecular weight excluding hydrogens is 246 g/mol. The van der Waals surface area contributed by atoms with Gasteiger partial charge in [0.05, 0.1) is 6.04 Å². The largest absolute Gasteiger partial charge is 0.318 e. The Kier molecular flexibility index (Phi) is 3.35. The molecule has 3 aromatic rings. The third-order valence-electron chi connectivity index (χ3n) is 3.42. The zero-order chi connectivity index (χ0) is 13.9. The Morgan fingerprint density at radius 1 is 1.00 bits per heavy atom. The molecule has 3 heteroatoms. The maximum absolute atomic E-state index is 6.37. The van der Waals surface area contributed by atoms with Gasteiger partial charge in [0.2, 0.25) is 0 Å². The van der Waals surface area contributed by atoms with Crippen molar-refractivity contribution in [3.05, 3.63) is 83.9 Å². The molecule has 1 heterocycles. The highest BCUT2D eigenvalue weighted by molar-refractivity contribution is 5.36. The summed E-state index contributed by atoms with van der Waals surface area (Å²) in [7, 11) is 0. The van der Waals surface area contributed by atoms with E-state index in [9.17, 15) is 0 Å². The summed E-state index contributed by atoms with van der Waals surface area (Å²) in [5, 5.41) is 0. The number of hydrogen-bond acceptors (Lipinski definition) is 2. The molecule has 0 spiro atoms. The first-order chi connectivity index (χ1) is 9.75. The second kappa shape index (κ2) is 5.31. The molecule has 1 unspecified atom stereocenters. The molecule has 0 fully saturated rings. The van der Waals surface area contributed by atoms with Gasteiger partial charge in [-0.1, -0.05) is 48.0 Å². The number of hydrogen-bond donors (Lipinski definition) is 1. The standard InChI is InChI=1S/C17H17N3/c1-13-7-9-14(10-8-13)16(18)17-19-11-12-20(17)15-5-3-2-4-6-15/h2-12,16H,18H2,1H3. The zero-order valence-electron chi connectivity index (χ0n) is 11.4. The number of rotatable bonds is 3. The highest BCUT2D eigenvalue weighted by atomic mass is 15.1. The van der Waals surface area contributed by atoms with Crippen LogP contribution in [-0.4, -0.2) is 9.55 Å². The van der Waals surface area contributed by atoms with Crippen LogP contribution in [0, 0.1) is 6.92 Å². The van der Waals surface area contributed by atoms with Crippen LogP contribution >= 0.6 is 0 Å². The van der Waals surface area contributed by atoms with Gasteiger partial charge in [-0.2, -0.15) is 0 Å². The Labute approximate surface area is 118 Å². The van der Waals surface area contributed by atoms with Crippen molar-refractivity contribution in [1.29, 1.82) is 0 Å². The summed E-state index contributed by atoms with van der Waals surface area (Å²) in [6.45, 7) is 2.07. The van der Waals surface area contributed by atoms with E-state index < -0.39 is 0 Å². The molecule has 3 nitrogen and oxygen atoms in total. The lowest BCUT2D eigenvalue weighted by Gasteiger charge is -2.14. The number of nitrogens with two attached hydrogens (primary N) is 1. The first kappa shape index (κ1) is 12.6. The molecule has 20 heavy (non-hydrogen) atoms. The second-order valence-electron chi connectivity index (χ2n) is 4.88. The van der Waals surface area contributed by atoms with Crippen LogP contribution in [-0.2, 0) is 0 Å². The van der Waals surface area contributed by atoms with Crippen LogP contribution < -0.4 is 5.73 Å². The molecule has 0 saturated carbocycles. The van der Waals surface area contributed by atoms with E-state index in [1.54, 1.807) is 6.20 Å². The van der Waals surface area contributed by atoms with Crippen molar-refractivity contribution in [2.24, 2.45) is 5.73 Å². The predicted octanol–water partition coefficient (Wildman–Crippen LogP) is 3.23. The third kappa shape index (κ3) is 2.36. The predicted molar refractivity (Wildman–Crippen MR) is 80.8 cm³/mol. The summed E-state index contributed by atoms with van der Waals surface area (Å²) in [5.74, 6) is 0.847. The molecule has 0 aliphatic rings. The lowest BCUT2D eigenvalue weighted by Crippen LogP contribution is -2.17. The number of benzene rings is 2. The fourth-order valence-corrected chi connectivity index (χ4v) is 2.27. The lowest BCUT2D eigenvalue weighted by molar-refractivity contribution is 0.758. The van der Waals surface area contributed by atoms with Gasteiger partial charge in [0.15, 0.2) is 0 Å². The van der Waals surface area contributed by atoms with E-state index in [0.717, 1.165) is 17.1 Å². The van der Waals surface area contributed by atoms with Crippen molar-refractivity contribution in [1.82, 2.24) is 9.55 Å². The Bertz CT molecular complexity index is 684. The molecule has 1 atom stereocenters. The van der Waals surface area contributed by atoms with Crippen LogP contribution in [0.3, 0.4) is 0 Å². The number of nitrogens with zero attached hydrogens (tertiary/aromatic N) is 2. The number of imidazole rings is 1. The van der Waals surface area contributed by atoms with Crippen LogP contribution in [0.15, 0.2) is 67.0 Å². The van der Waals surface area contributed by atoms with E-state index >= 15 is 0 Å². The van der Waals surface area contributed by atoms with Gasteiger partial charge < -0.3 is 10.3 Å². The van der Waals surface area contributed by atoms with E-state index in [2.05, 4.69) is 36.2 Å². The van der Waals surface area contributed by atoms with Crippen molar-refractivity contribution < 1.29 is 0 Å². The Hall–Kier alpha value is -2.39. The molecule has 0 radical (unpaired) electrons. The van der Waals surface area contributed by atoms with Gasteiger partial charge in [0, 0.05) is 18.1 Å². The topological polar surface area (TPSA) is 43.8 Å². The summed E-state index contributed by atoms with van der Waals surface area (Å²) >= 11 is 0. The van der Waals surface area contributed by atoms with Crippen molar-refractivity contribution in [3.8, 4) is 5.69 Å². The zero-order valence-corrected chi connectivity index (χ0v) is 11.4. The summed E-state index contributed by atoms with van der Waals surface area (Å²) in [5.41, 5.74) is 9.73. The van der Waals surface area contributed by atoms with Crippen LogP contribution in [0.5, 0.6) is 0 Å². The van der Waals surface area contributed by atoms with Crippen LogP contribution in [0.4, 0.5) is 0 Å². The van der Waals surface area contributed by atoms with Crippen LogP contribution in [0.1, 0.15) is 23.0 Å². The smallest absolute Gasteiger partial charge is 0.134 e. The first-order valence-corrected chi connectivity index (χ1v) is 6.66. The molecule has 0 saturated heterocycles. The van der Waals surface area contributed by atoms with Crippen LogP contribution in [0.25, 0.3) is 5.69 Å². The number of para-hydroxylation sites is 1. The minimum atomic E-state index is -0.231. The maximum Gasteiger partial charge on any atom is 0.134 e. The Morgan fingerprint density at radius 3 is 2.40 bits per heavy atom. The fourth-order valence-electron chi connectivity index (χ4n) is 2.27. The highest BCUT2D eigenvalue weighted by Gasteiger charge is 2.15. The first-order valence-electron chi connectivity index (χ1n) is 6.66. The lowest BCUT2D eigenvalue weighted by atomic mass is 10.1. The van der Waals surface area contributed by atoms with E-state index in [-0.39, 0.29) is 6.04 Å². The summed E-state index contributed by atoms with van der Waals surface area (Å²) in [4.78, 5) is 4.43. The van der Waals surface area contributed by atoms with Gasteiger partial charge in [-0.3, -0.25) is 0 Å². The highest BCUT2D eigenvalue weighted by Crippen LogP contribution is 2.21. The molecule has 100 valence electrons. The van der Waals surface area contributed by atoms with Crippen molar-refractivity contribution in [2.75, 3.05) is 0 Å². The second-order valence-corrected chi connectivity index (χ2v) is 4.88. The maximum atomic E-state index is 6.37. The average Bonchev–Trinajstić information content (AvgIpc) is 2.97. The molecule has 0 bridgehead atoms.